The van der Waals surface area contributed by atoms with Crippen molar-refractivity contribution in [2.75, 3.05) is 50.9 Å². The van der Waals surface area contributed by atoms with Crippen molar-refractivity contribution in [1.29, 1.82) is 0 Å². The van der Waals surface area contributed by atoms with Gasteiger partial charge in [-0.25, -0.2) is 4.98 Å². The van der Waals surface area contributed by atoms with E-state index in [0.717, 1.165) is 70.3 Å². The molecule has 1 aliphatic rings. The summed E-state index contributed by atoms with van der Waals surface area (Å²) in [4.78, 5) is 22.7. The maximum absolute atomic E-state index is 13.7. The van der Waals surface area contributed by atoms with Gasteiger partial charge in [-0.3, -0.25) is 14.6 Å². The van der Waals surface area contributed by atoms with E-state index in [1.54, 1.807) is 11.3 Å². The van der Waals surface area contributed by atoms with Crippen molar-refractivity contribution in [1.82, 2.24) is 9.88 Å². The number of carbonyl (C=O) groups is 1. The van der Waals surface area contributed by atoms with Gasteiger partial charge in [-0.2, -0.15) is 0 Å². The van der Waals surface area contributed by atoms with E-state index in [1.165, 1.54) is 0 Å². The summed E-state index contributed by atoms with van der Waals surface area (Å²) >= 11 is 1.55. The Balaban J connectivity index is 0.00000289. The molecule has 1 aromatic heterocycles. The maximum atomic E-state index is 13.7. The summed E-state index contributed by atoms with van der Waals surface area (Å²) in [6, 6.07) is 20.3. The molecule has 1 fully saturated rings. The van der Waals surface area contributed by atoms with Crippen LogP contribution in [0.25, 0.3) is 21.0 Å². The second kappa shape index (κ2) is 11.8. The third-order valence-corrected chi connectivity index (χ3v) is 7.20. The Hall–Kier alpha value is -2.71. The lowest BCUT2D eigenvalue weighted by atomic mass is 10.0. The van der Waals surface area contributed by atoms with Gasteiger partial charge in [0.1, 0.15) is 5.75 Å². The van der Waals surface area contributed by atoms with Crippen LogP contribution in [0, 0.1) is 0 Å². The van der Waals surface area contributed by atoms with Crippen molar-refractivity contribution < 1.29 is 14.3 Å². The number of amides is 1. The predicted molar refractivity (Wildman–Crippen MR) is 145 cm³/mol. The number of thiazole rings is 1. The van der Waals surface area contributed by atoms with Crippen LogP contribution in [0.2, 0.25) is 0 Å². The molecule has 0 saturated carbocycles. The lowest BCUT2D eigenvalue weighted by molar-refractivity contribution is -0.118. The van der Waals surface area contributed by atoms with Crippen molar-refractivity contribution in [3.05, 3.63) is 66.2 Å². The third-order valence-electron chi connectivity index (χ3n) is 6.16. The lowest BCUT2D eigenvalue weighted by Crippen LogP contribution is -2.43. The van der Waals surface area contributed by atoms with Crippen LogP contribution in [0.1, 0.15) is 12.5 Å². The van der Waals surface area contributed by atoms with E-state index in [9.17, 15) is 4.79 Å². The summed E-state index contributed by atoms with van der Waals surface area (Å²) in [6.07, 6.45) is 0.338. The van der Waals surface area contributed by atoms with Crippen LogP contribution in [-0.4, -0.2) is 61.8 Å². The lowest BCUT2D eigenvalue weighted by Gasteiger charge is -2.29. The van der Waals surface area contributed by atoms with Crippen LogP contribution in [-0.2, 0) is 16.0 Å². The Labute approximate surface area is 215 Å². The number of aromatic nitrogens is 1. The number of hydrogen-bond acceptors (Lipinski definition) is 6. The van der Waals surface area contributed by atoms with Crippen molar-refractivity contribution in [3.63, 3.8) is 0 Å². The van der Waals surface area contributed by atoms with Gasteiger partial charge >= 0.3 is 0 Å². The number of carbonyl (C=O) groups excluding carboxylic acids is 1. The first-order valence-electron chi connectivity index (χ1n) is 11.8. The highest BCUT2D eigenvalue weighted by Crippen LogP contribution is 2.32. The molecule has 1 saturated heterocycles. The number of morpholine rings is 1. The normalized spacial score (nSPS) is 14.1. The summed E-state index contributed by atoms with van der Waals surface area (Å²) in [5.41, 5.74) is 1.93. The molecule has 0 aliphatic carbocycles. The number of anilines is 1. The zero-order valence-corrected chi connectivity index (χ0v) is 21.4. The minimum atomic E-state index is 0. The van der Waals surface area contributed by atoms with Gasteiger partial charge in [-0.15, -0.1) is 12.4 Å². The molecule has 2 heterocycles. The topological polar surface area (TPSA) is 54.9 Å². The van der Waals surface area contributed by atoms with Gasteiger partial charge in [0.2, 0.25) is 5.91 Å². The van der Waals surface area contributed by atoms with Crippen LogP contribution >= 0.6 is 23.7 Å². The van der Waals surface area contributed by atoms with E-state index in [1.807, 2.05) is 54.3 Å². The van der Waals surface area contributed by atoms with E-state index in [2.05, 4.69) is 23.1 Å². The fourth-order valence-corrected chi connectivity index (χ4v) is 5.40. The molecule has 0 atom stereocenters. The molecule has 184 valence electrons. The smallest absolute Gasteiger partial charge is 0.233 e. The number of rotatable bonds is 8. The third kappa shape index (κ3) is 5.93. The molecular weight excluding hydrogens is 482 g/mol. The van der Waals surface area contributed by atoms with Crippen molar-refractivity contribution in [2.45, 2.75) is 13.3 Å². The molecule has 0 spiro atoms. The first-order valence-corrected chi connectivity index (χ1v) is 12.6. The molecule has 5 rings (SSSR count). The zero-order valence-electron chi connectivity index (χ0n) is 19.8. The average molecular weight is 512 g/mol. The van der Waals surface area contributed by atoms with E-state index < -0.39 is 0 Å². The standard InChI is InChI=1S/C27H29N3O3S.ClH/c1-2-33-22-10-11-24-25(19-22)34-27(28-24)30(13-12-29-14-16-32-17-15-29)26(31)18-21-8-5-7-20-6-3-4-9-23(20)21;/h3-11,19H,2,12-18H2,1H3;1H. The van der Waals surface area contributed by atoms with Crippen LogP contribution in [0.3, 0.4) is 0 Å². The fraction of sp³-hybridized carbons (Fsp3) is 0.333. The van der Waals surface area contributed by atoms with Gasteiger partial charge in [0, 0.05) is 26.2 Å². The van der Waals surface area contributed by atoms with Crippen LogP contribution < -0.4 is 9.64 Å². The largest absolute Gasteiger partial charge is 0.494 e. The molecule has 1 amide bonds. The van der Waals surface area contributed by atoms with Crippen LogP contribution in [0.15, 0.2) is 60.7 Å². The number of fused-ring (bicyclic) bond motifs is 2. The highest BCUT2D eigenvalue weighted by Gasteiger charge is 2.22. The number of hydrogen-bond donors (Lipinski definition) is 0. The highest BCUT2D eigenvalue weighted by molar-refractivity contribution is 7.22. The maximum Gasteiger partial charge on any atom is 0.233 e. The Morgan fingerprint density at radius 2 is 1.91 bits per heavy atom. The van der Waals surface area contributed by atoms with Gasteiger partial charge < -0.3 is 9.47 Å². The molecule has 8 heteroatoms. The van der Waals surface area contributed by atoms with Gasteiger partial charge in [0.15, 0.2) is 5.13 Å². The molecule has 35 heavy (non-hydrogen) atoms. The van der Waals surface area contributed by atoms with E-state index in [-0.39, 0.29) is 18.3 Å². The number of halogens is 1. The minimum Gasteiger partial charge on any atom is -0.494 e. The molecule has 6 nitrogen and oxygen atoms in total. The Kier molecular flexibility index (Phi) is 8.57. The van der Waals surface area contributed by atoms with Crippen LogP contribution in [0.5, 0.6) is 5.75 Å². The summed E-state index contributed by atoms with van der Waals surface area (Å²) in [5.74, 6) is 0.890. The van der Waals surface area contributed by atoms with Gasteiger partial charge in [0.25, 0.3) is 0 Å². The second-order valence-corrected chi connectivity index (χ2v) is 9.38. The van der Waals surface area contributed by atoms with Crippen molar-refractivity contribution in [3.8, 4) is 5.75 Å². The Morgan fingerprint density at radius 1 is 1.11 bits per heavy atom. The Morgan fingerprint density at radius 3 is 2.74 bits per heavy atom. The number of benzene rings is 3. The van der Waals surface area contributed by atoms with Gasteiger partial charge in [-0.1, -0.05) is 53.8 Å². The first-order chi connectivity index (χ1) is 16.7. The molecule has 1 aliphatic heterocycles. The summed E-state index contributed by atoms with van der Waals surface area (Å²) in [6.45, 7) is 7.25. The van der Waals surface area contributed by atoms with E-state index in [0.29, 0.717) is 19.6 Å². The SMILES string of the molecule is CCOc1ccc2nc(N(CCN3CCOCC3)C(=O)Cc3cccc4ccccc34)sc2c1.Cl. The van der Waals surface area contributed by atoms with E-state index >= 15 is 0 Å². The molecule has 0 bridgehead atoms. The molecule has 3 aromatic carbocycles. The van der Waals surface area contributed by atoms with E-state index in [4.69, 9.17) is 14.5 Å². The molecule has 0 radical (unpaired) electrons. The number of nitrogens with zero attached hydrogens (tertiary/aromatic N) is 3. The summed E-state index contributed by atoms with van der Waals surface area (Å²) < 4.78 is 12.2. The molecular formula is C27H30ClN3O3S. The number of ether oxygens (including phenoxy) is 2. The van der Waals surface area contributed by atoms with Crippen molar-refractivity contribution >= 4 is 55.8 Å². The summed E-state index contributed by atoms with van der Waals surface area (Å²) in [5, 5.41) is 3.01. The van der Waals surface area contributed by atoms with Crippen molar-refractivity contribution in [2.24, 2.45) is 0 Å². The van der Waals surface area contributed by atoms with Gasteiger partial charge in [-0.05, 0) is 41.5 Å². The van der Waals surface area contributed by atoms with Gasteiger partial charge in [0.05, 0.1) is 36.5 Å². The quantitative estimate of drug-likeness (QED) is 0.326. The fourth-order valence-electron chi connectivity index (χ4n) is 4.36. The minimum absolute atomic E-state index is 0. The first kappa shape index (κ1) is 25.4. The second-order valence-electron chi connectivity index (χ2n) is 8.37. The Bertz CT molecular complexity index is 1280. The predicted octanol–water partition coefficient (Wildman–Crippen LogP) is 5.18. The molecule has 0 N–H and O–H groups in total. The van der Waals surface area contributed by atoms with Crippen LogP contribution in [0.4, 0.5) is 5.13 Å². The highest BCUT2D eigenvalue weighted by atomic mass is 35.5. The molecule has 4 aromatic rings. The average Bonchev–Trinajstić information content (AvgIpc) is 3.28. The molecule has 0 unspecified atom stereocenters. The summed E-state index contributed by atoms with van der Waals surface area (Å²) in [7, 11) is 0. The zero-order chi connectivity index (χ0) is 23.3. The monoisotopic (exact) mass is 511 g/mol.